The maximum Gasteiger partial charge on any atom is 0.331 e. The van der Waals surface area contributed by atoms with Crippen LogP contribution in [0.25, 0.3) is 0 Å². The van der Waals surface area contributed by atoms with E-state index in [2.05, 4.69) is 6.92 Å². The van der Waals surface area contributed by atoms with Gasteiger partial charge in [0.05, 0.1) is 54.4 Å². The molecule has 4 aliphatic heterocycles. The van der Waals surface area contributed by atoms with Gasteiger partial charge in [-0.1, -0.05) is 13.8 Å². The highest BCUT2D eigenvalue weighted by Crippen LogP contribution is 2.70. The number of aliphatic hydroxyl groups is 6. The Morgan fingerprint density at radius 3 is 1.87 bits per heavy atom. The Kier molecular flexibility index (Phi) is 11.1. The number of fused-ring (bicyclic) bond motifs is 5. The van der Waals surface area contributed by atoms with E-state index >= 15 is 0 Å². The number of carbonyl (C=O) groups excluding carboxylic acids is 1. The molecule has 0 spiro atoms. The van der Waals surface area contributed by atoms with Gasteiger partial charge in [0, 0.05) is 30.8 Å². The standard InChI is InChI=1S/C41H64O14/c1-19-36(47)28(42)15-34(50-19)54-38-21(3)52-35(17-30(38)44)55-37-20(2)51-33(16-29(37)43)53-24-8-10-39(4)23(13-24)6-7-26-27(39)14-31(45)40(5)25(9-11-41(26,40)48)22-12-32(46)49-18-22/h12,19-21,23-31,33-38,42-45,47-48H,6-11,13-18H2,1-5H3/t19-,20-,21-,23+,24+,25+,26+,27-,28+,29-,30-,31+,33+,34+,35-,36+,37+,38+,39-,40-,41-/m1/s1. The zero-order valence-corrected chi connectivity index (χ0v) is 32.9. The Morgan fingerprint density at radius 1 is 0.691 bits per heavy atom. The van der Waals surface area contributed by atoms with Gasteiger partial charge in [0.1, 0.15) is 24.9 Å². The zero-order chi connectivity index (χ0) is 39.2. The summed E-state index contributed by atoms with van der Waals surface area (Å²) < 4.78 is 42.1. The van der Waals surface area contributed by atoms with Crippen molar-refractivity contribution in [2.45, 2.75) is 197 Å². The fraction of sp³-hybridized carbons (Fsp3) is 0.927. The average Bonchev–Trinajstić information content (AvgIpc) is 3.67. The van der Waals surface area contributed by atoms with Crippen LogP contribution >= 0.6 is 0 Å². The van der Waals surface area contributed by atoms with E-state index in [1.54, 1.807) is 19.9 Å². The van der Waals surface area contributed by atoms with E-state index in [4.69, 9.17) is 33.2 Å². The third kappa shape index (κ3) is 6.95. The molecule has 4 saturated carbocycles. The van der Waals surface area contributed by atoms with Crippen molar-refractivity contribution in [2.75, 3.05) is 6.61 Å². The topological polar surface area (TPSA) is 203 Å². The molecule has 0 aromatic carbocycles. The van der Waals surface area contributed by atoms with Gasteiger partial charge in [-0.15, -0.1) is 0 Å². The third-order valence-electron chi connectivity index (χ3n) is 16.0. The minimum atomic E-state index is -1.01. The maximum absolute atomic E-state index is 12.6. The van der Waals surface area contributed by atoms with Crippen LogP contribution in [0.2, 0.25) is 0 Å². The molecule has 0 aromatic rings. The monoisotopic (exact) mass is 780 g/mol. The number of cyclic esters (lactones) is 1. The smallest absolute Gasteiger partial charge is 0.331 e. The molecule has 4 aliphatic carbocycles. The van der Waals surface area contributed by atoms with Crippen LogP contribution in [-0.2, 0) is 38.0 Å². The van der Waals surface area contributed by atoms with E-state index < -0.39 is 90.9 Å². The fourth-order valence-electron chi connectivity index (χ4n) is 12.8. The number of ether oxygens (including phenoxy) is 7. The highest BCUT2D eigenvalue weighted by molar-refractivity contribution is 5.85. The van der Waals surface area contributed by atoms with Crippen LogP contribution in [-0.4, -0.2) is 135 Å². The van der Waals surface area contributed by atoms with E-state index in [0.717, 1.165) is 44.1 Å². The molecule has 0 radical (unpaired) electrons. The predicted molar refractivity (Wildman–Crippen MR) is 193 cm³/mol. The van der Waals surface area contributed by atoms with Gasteiger partial charge >= 0.3 is 5.97 Å². The van der Waals surface area contributed by atoms with Crippen LogP contribution in [0.5, 0.6) is 0 Å². The quantitative estimate of drug-likeness (QED) is 0.162. The van der Waals surface area contributed by atoms with E-state index in [1.807, 2.05) is 13.8 Å². The Hall–Kier alpha value is -1.27. The second-order valence-electron chi connectivity index (χ2n) is 18.8. The van der Waals surface area contributed by atoms with Gasteiger partial charge in [-0.3, -0.25) is 0 Å². The van der Waals surface area contributed by atoms with Crippen LogP contribution in [0.15, 0.2) is 11.6 Å². The Balaban J connectivity index is 0.837. The summed E-state index contributed by atoms with van der Waals surface area (Å²) in [5.74, 6) is 0.204. The molecule has 0 aromatic heterocycles. The second-order valence-corrected chi connectivity index (χ2v) is 18.8. The van der Waals surface area contributed by atoms with Crippen LogP contribution in [0.1, 0.15) is 105 Å². The summed E-state index contributed by atoms with van der Waals surface area (Å²) in [6.07, 6.45) is -1.51. The van der Waals surface area contributed by atoms with Gasteiger partial charge in [-0.25, -0.2) is 4.79 Å². The number of esters is 1. The van der Waals surface area contributed by atoms with Crippen LogP contribution in [0.3, 0.4) is 0 Å². The third-order valence-corrected chi connectivity index (χ3v) is 16.0. The number of carbonyl (C=O) groups is 1. The fourth-order valence-corrected chi connectivity index (χ4v) is 12.8. The highest BCUT2D eigenvalue weighted by Gasteiger charge is 2.71. The lowest BCUT2D eigenvalue weighted by atomic mass is 9.42. The Morgan fingerprint density at radius 2 is 1.29 bits per heavy atom. The van der Waals surface area contributed by atoms with Gasteiger partial charge in [0.25, 0.3) is 0 Å². The zero-order valence-electron chi connectivity index (χ0n) is 32.9. The van der Waals surface area contributed by atoms with E-state index in [-0.39, 0.29) is 61.1 Å². The predicted octanol–water partition coefficient (Wildman–Crippen LogP) is 2.22. The minimum Gasteiger partial charge on any atom is -0.458 e. The molecule has 3 saturated heterocycles. The normalized spacial score (nSPS) is 55.5. The molecule has 0 amide bonds. The van der Waals surface area contributed by atoms with Crippen molar-refractivity contribution in [3.8, 4) is 0 Å². The summed E-state index contributed by atoms with van der Waals surface area (Å²) in [4.78, 5) is 11.9. The van der Waals surface area contributed by atoms with Crippen molar-refractivity contribution < 1.29 is 68.6 Å². The summed E-state index contributed by atoms with van der Waals surface area (Å²) in [6.45, 7) is 9.90. The Bertz CT molecular complexity index is 1410. The molecule has 6 N–H and O–H groups in total. The summed E-state index contributed by atoms with van der Waals surface area (Å²) >= 11 is 0. The van der Waals surface area contributed by atoms with Crippen molar-refractivity contribution in [1.82, 2.24) is 0 Å². The molecule has 0 unspecified atom stereocenters. The number of rotatable bonds is 7. The lowest BCUT2D eigenvalue weighted by molar-refractivity contribution is -0.336. The maximum atomic E-state index is 12.6. The van der Waals surface area contributed by atoms with E-state index in [9.17, 15) is 35.4 Å². The van der Waals surface area contributed by atoms with Gasteiger partial charge < -0.3 is 63.8 Å². The first kappa shape index (κ1) is 40.5. The number of aliphatic hydroxyl groups excluding tert-OH is 5. The van der Waals surface area contributed by atoms with Crippen LogP contribution in [0, 0.1) is 34.5 Å². The lowest BCUT2D eigenvalue weighted by Gasteiger charge is -2.65. The molecule has 312 valence electrons. The second kappa shape index (κ2) is 15.1. The van der Waals surface area contributed by atoms with E-state index in [1.165, 1.54) is 0 Å². The summed E-state index contributed by atoms with van der Waals surface area (Å²) in [7, 11) is 0. The Labute approximate surface area is 323 Å². The van der Waals surface area contributed by atoms with Crippen molar-refractivity contribution in [1.29, 1.82) is 0 Å². The van der Waals surface area contributed by atoms with Crippen LogP contribution in [0.4, 0.5) is 0 Å². The molecule has 0 bridgehead atoms. The molecular formula is C41H64O14. The molecular weight excluding hydrogens is 716 g/mol. The SMILES string of the molecule is C[C@H]1O[C@@H](O[C@@H]2[C@H](O)C[C@@H](O[C@@H]3[C@H](O)C[C@H](O[C@H]4CC[C@]5(C)[C@@H](CC[C@H]6[C@H]5C[C@H](O)[C@@]5(C)[C@H](C7=CC(=O)OC7)CC[C@@]65O)C4)O[C@@H]3C)O[C@@H]2C)C[C@H](O)[C@H]1O. The van der Waals surface area contributed by atoms with E-state index in [0.29, 0.717) is 18.8 Å². The summed E-state index contributed by atoms with van der Waals surface area (Å²) in [6, 6.07) is 0. The largest absolute Gasteiger partial charge is 0.458 e. The first-order chi connectivity index (χ1) is 26.0. The molecule has 55 heavy (non-hydrogen) atoms. The van der Waals surface area contributed by atoms with Gasteiger partial charge in [-0.2, -0.15) is 0 Å². The molecule has 21 atom stereocenters. The lowest BCUT2D eigenvalue weighted by Crippen LogP contribution is -2.67. The average molecular weight is 781 g/mol. The van der Waals surface area contributed by atoms with Gasteiger partial charge in [-0.05, 0) is 107 Å². The number of hydrogen-bond acceptors (Lipinski definition) is 14. The molecule has 4 heterocycles. The van der Waals surface area contributed by atoms with Crippen molar-refractivity contribution in [3.05, 3.63) is 11.6 Å². The van der Waals surface area contributed by atoms with Gasteiger partial charge in [0.2, 0.25) is 0 Å². The summed E-state index contributed by atoms with van der Waals surface area (Å²) in [5.41, 5.74) is -0.892. The molecule has 14 nitrogen and oxygen atoms in total. The number of hydrogen-bond donors (Lipinski definition) is 6. The molecule has 7 fully saturated rings. The minimum absolute atomic E-state index is 0.0452. The first-order valence-electron chi connectivity index (χ1n) is 20.9. The first-order valence-corrected chi connectivity index (χ1v) is 20.9. The van der Waals surface area contributed by atoms with Crippen molar-refractivity contribution >= 4 is 5.97 Å². The van der Waals surface area contributed by atoms with Crippen molar-refractivity contribution in [2.24, 2.45) is 34.5 Å². The molecule has 8 rings (SSSR count). The van der Waals surface area contributed by atoms with Gasteiger partial charge in [0.15, 0.2) is 18.9 Å². The van der Waals surface area contributed by atoms with Crippen molar-refractivity contribution in [3.63, 3.8) is 0 Å². The van der Waals surface area contributed by atoms with Crippen LogP contribution < -0.4 is 0 Å². The summed E-state index contributed by atoms with van der Waals surface area (Å²) in [5, 5.41) is 66.9. The molecule has 14 heteroatoms. The highest BCUT2D eigenvalue weighted by atomic mass is 16.7. The molecule has 8 aliphatic rings.